The smallest absolute Gasteiger partial charge is 0.162 e. The highest BCUT2D eigenvalue weighted by Crippen LogP contribution is 2.17. The number of rotatable bonds is 4. The minimum absolute atomic E-state index is 0.250. The zero-order chi connectivity index (χ0) is 13.0. The van der Waals surface area contributed by atoms with Crippen molar-refractivity contribution in [2.75, 3.05) is 20.3 Å². The van der Waals surface area contributed by atoms with Crippen molar-refractivity contribution in [3.63, 3.8) is 0 Å². The molecule has 1 aromatic carbocycles. The van der Waals surface area contributed by atoms with Gasteiger partial charge in [0.25, 0.3) is 0 Å². The molecule has 18 heavy (non-hydrogen) atoms. The first kappa shape index (κ1) is 13.3. The SMILES string of the molecule is COc1ccc(CNC2COC(C)(C)OC2)cc1. The first-order chi connectivity index (χ1) is 8.59. The third kappa shape index (κ3) is 3.70. The zero-order valence-electron chi connectivity index (χ0n) is 11.2. The Morgan fingerprint density at radius 1 is 1.22 bits per heavy atom. The van der Waals surface area contributed by atoms with Crippen molar-refractivity contribution >= 4 is 0 Å². The van der Waals surface area contributed by atoms with Crippen LogP contribution in [-0.4, -0.2) is 32.2 Å². The summed E-state index contributed by atoms with van der Waals surface area (Å²) in [5.74, 6) is 0.433. The van der Waals surface area contributed by atoms with Gasteiger partial charge in [0.15, 0.2) is 5.79 Å². The average molecular weight is 251 g/mol. The highest BCUT2D eigenvalue weighted by Gasteiger charge is 2.27. The first-order valence-electron chi connectivity index (χ1n) is 6.23. The van der Waals surface area contributed by atoms with E-state index >= 15 is 0 Å². The molecular formula is C14H21NO3. The largest absolute Gasteiger partial charge is 0.497 e. The van der Waals surface area contributed by atoms with Crippen LogP contribution in [0.3, 0.4) is 0 Å². The molecule has 4 nitrogen and oxygen atoms in total. The molecule has 4 heteroatoms. The Morgan fingerprint density at radius 3 is 2.39 bits per heavy atom. The molecule has 0 radical (unpaired) electrons. The van der Waals surface area contributed by atoms with Crippen molar-refractivity contribution in [1.29, 1.82) is 0 Å². The fourth-order valence-corrected chi connectivity index (χ4v) is 1.82. The lowest BCUT2D eigenvalue weighted by atomic mass is 10.2. The summed E-state index contributed by atoms with van der Waals surface area (Å²) in [7, 11) is 1.67. The Labute approximate surface area is 108 Å². The lowest BCUT2D eigenvalue weighted by Gasteiger charge is -2.35. The van der Waals surface area contributed by atoms with Crippen molar-refractivity contribution in [1.82, 2.24) is 5.32 Å². The van der Waals surface area contributed by atoms with E-state index in [1.54, 1.807) is 7.11 Å². The summed E-state index contributed by atoms with van der Waals surface area (Å²) < 4.78 is 16.3. The summed E-state index contributed by atoms with van der Waals surface area (Å²) in [6.07, 6.45) is 0. The molecule has 1 aliphatic heterocycles. The van der Waals surface area contributed by atoms with Crippen molar-refractivity contribution in [2.45, 2.75) is 32.2 Å². The number of nitrogens with one attached hydrogen (secondary N) is 1. The van der Waals surface area contributed by atoms with Crippen LogP contribution in [0.5, 0.6) is 5.75 Å². The monoisotopic (exact) mass is 251 g/mol. The molecule has 1 heterocycles. The summed E-state index contributed by atoms with van der Waals surface area (Å²) in [5, 5.41) is 3.42. The van der Waals surface area contributed by atoms with Crippen LogP contribution >= 0.6 is 0 Å². The van der Waals surface area contributed by atoms with Gasteiger partial charge in [0.1, 0.15) is 5.75 Å². The van der Waals surface area contributed by atoms with Gasteiger partial charge in [0.2, 0.25) is 0 Å². The standard InChI is InChI=1S/C14H21NO3/c1-14(2)17-9-12(10-18-14)15-8-11-4-6-13(16-3)7-5-11/h4-7,12,15H,8-10H2,1-3H3. The van der Waals surface area contributed by atoms with E-state index in [9.17, 15) is 0 Å². The molecule has 0 saturated carbocycles. The Bertz CT molecular complexity index is 365. The van der Waals surface area contributed by atoms with Crippen molar-refractivity contribution < 1.29 is 14.2 Å². The first-order valence-corrected chi connectivity index (χ1v) is 6.23. The number of methoxy groups -OCH3 is 1. The average Bonchev–Trinajstić information content (AvgIpc) is 2.38. The lowest BCUT2D eigenvalue weighted by molar-refractivity contribution is -0.253. The maximum atomic E-state index is 5.60. The van der Waals surface area contributed by atoms with Gasteiger partial charge < -0.3 is 19.5 Å². The van der Waals surface area contributed by atoms with E-state index in [1.807, 2.05) is 26.0 Å². The molecule has 1 aliphatic rings. The molecule has 1 aromatic rings. The van der Waals surface area contributed by atoms with Crippen molar-refractivity contribution in [2.24, 2.45) is 0 Å². The van der Waals surface area contributed by atoms with Gasteiger partial charge >= 0.3 is 0 Å². The molecule has 0 amide bonds. The van der Waals surface area contributed by atoms with Crippen LogP contribution in [0.1, 0.15) is 19.4 Å². The van der Waals surface area contributed by atoms with Crippen LogP contribution < -0.4 is 10.1 Å². The van der Waals surface area contributed by atoms with Crippen LogP contribution in [0.2, 0.25) is 0 Å². The third-order valence-electron chi connectivity index (χ3n) is 3.02. The van der Waals surface area contributed by atoms with Gasteiger partial charge in [-0.3, -0.25) is 0 Å². The number of benzene rings is 1. The summed E-state index contributed by atoms with van der Waals surface area (Å²) in [4.78, 5) is 0. The van der Waals surface area contributed by atoms with E-state index in [-0.39, 0.29) is 6.04 Å². The van der Waals surface area contributed by atoms with Gasteiger partial charge in [0, 0.05) is 6.54 Å². The predicted octanol–water partition coefficient (Wildman–Crippen LogP) is 1.94. The quantitative estimate of drug-likeness (QED) is 0.887. The normalized spacial score (nSPS) is 19.7. The molecular weight excluding hydrogens is 230 g/mol. The van der Waals surface area contributed by atoms with Crippen LogP contribution in [-0.2, 0) is 16.0 Å². The number of ether oxygens (including phenoxy) is 3. The second kappa shape index (κ2) is 5.69. The summed E-state index contributed by atoms with van der Waals surface area (Å²) in [6.45, 7) is 6.05. The zero-order valence-corrected chi connectivity index (χ0v) is 11.2. The fourth-order valence-electron chi connectivity index (χ4n) is 1.82. The van der Waals surface area contributed by atoms with Crippen LogP contribution in [0.25, 0.3) is 0 Å². The molecule has 100 valence electrons. The molecule has 1 saturated heterocycles. The Balaban J connectivity index is 1.78. The topological polar surface area (TPSA) is 39.7 Å². The Hall–Kier alpha value is -1.10. The third-order valence-corrected chi connectivity index (χ3v) is 3.02. The molecule has 0 bridgehead atoms. The lowest BCUT2D eigenvalue weighted by Crippen LogP contribution is -2.48. The summed E-state index contributed by atoms with van der Waals surface area (Å²) in [5.41, 5.74) is 1.22. The fraction of sp³-hybridized carbons (Fsp3) is 0.571. The van der Waals surface area contributed by atoms with E-state index in [0.29, 0.717) is 13.2 Å². The van der Waals surface area contributed by atoms with Crippen molar-refractivity contribution in [3.8, 4) is 5.75 Å². The minimum Gasteiger partial charge on any atom is -0.497 e. The maximum Gasteiger partial charge on any atom is 0.162 e. The second-order valence-corrected chi connectivity index (χ2v) is 4.95. The second-order valence-electron chi connectivity index (χ2n) is 4.95. The highest BCUT2D eigenvalue weighted by molar-refractivity contribution is 5.27. The summed E-state index contributed by atoms with van der Waals surface area (Å²) >= 11 is 0. The maximum absolute atomic E-state index is 5.60. The van der Waals surface area contributed by atoms with E-state index in [1.165, 1.54) is 5.56 Å². The van der Waals surface area contributed by atoms with Gasteiger partial charge in [-0.05, 0) is 31.5 Å². The van der Waals surface area contributed by atoms with E-state index in [4.69, 9.17) is 14.2 Å². The van der Waals surface area contributed by atoms with Gasteiger partial charge in [-0.15, -0.1) is 0 Å². The molecule has 0 unspecified atom stereocenters. The predicted molar refractivity (Wildman–Crippen MR) is 69.6 cm³/mol. The number of hydrogen-bond acceptors (Lipinski definition) is 4. The minimum atomic E-state index is -0.446. The number of hydrogen-bond donors (Lipinski definition) is 1. The molecule has 1 N–H and O–H groups in total. The van der Waals surface area contributed by atoms with Crippen molar-refractivity contribution in [3.05, 3.63) is 29.8 Å². The van der Waals surface area contributed by atoms with Crippen LogP contribution in [0.4, 0.5) is 0 Å². The van der Waals surface area contributed by atoms with E-state index < -0.39 is 5.79 Å². The summed E-state index contributed by atoms with van der Waals surface area (Å²) in [6, 6.07) is 8.29. The van der Waals surface area contributed by atoms with E-state index in [0.717, 1.165) is 12.3 Å². The van der Waals surface area contributed by atoms with Gasteiger partial charge in [-0.2, -0.15) is 0 Å². The molecule has 0 aliphatic carbocycles. The highest BCUT2D eigenvalue weighted by atomic mass is 16.7. The van der Waals surface area contributed by atoms with Gasteiger partial charge in [-0.1, -0.05) is 12.1 Å². The molecule has 0 aromatic heterocycles. The Kier molecular flexibility index (Phi) is 4.22. The van der Waals surface area contributed by atoms with Gasteiger partial charge in [-0.25, -0.2) is 0 Å². The molecule has 2 rings (SSSR count). The van der Waals surface area contributed by atoms with Crippen LogP contribution in [0.15, 0.2) is 24.3 Å². The molecule has 0 spiro atoms. The van der Waals surface area contributed by atoms with Crippen LogP contribution in [0, 0.1) is 0 Å². The van der Waals surface area contributed by atoms with E-state index in [2.05, 4.69) is 17.4 Å². The Morgan fingerprint density at radius 2 is 1.83 bits per heavy atom. The molecule has 0 atom stereocenters. The van der Waals surface area contributed by atoms with Gasteiger partial charge in [0.05, 0.1) is 26.4 Å². The molecule has 1 fully saturated rings.